The Balaban J connectivity index is 1.49. The fourth-order valence-corrected chi connectivity index (χ4v) is 3.73. The molecule has 29 heavy (non-hydrogen) atoms. The van der Waals surface area contributed by atoms with Gasteiger partial charge in [-0.1, -0.05) is 30.3 Å². The number of rotatable bonds is 7. The molecule has 0 spiro atoms. The highest BCUT2D eigenvalue weighted by atomic mass is 16.3. The third kappa shape index (κ3) is 5.65. The molecular formula is C23H29N3O3. The average Bonchev–Trinajstić information content (AvgIpc) is 2.71. The first-order valence-electron chi connectivity index (χ1n) is 10.1. The Morgan fingerprint density at radius 3 is 2.55 bits per heavy atom. The minimum Gasteiger partial charge on any atom is -0.392 e. The molecule has 0 aliphatic carbocycles. The molecule has 0 saturated carbocycles. The number of aryl methyl sites for hydroxylation is 1. The quantitative estimate of drug-likeness (QED) is 0.627. The van der Waals surface area contributed by atoms with Gasteiger partial charge in [-0.15, -0.1) is 0 Å². The monoisotopic (exact) mass is 395 g/mol. The van der Waals surface area contributed by atoms with Crippen LogP contribution in [-0.2, 0) is 11.4 Å². The lowest BCUT2D eigenvalue weighted by atomic mass is 10.0. The Morgan fingerprint density at radius 1 is 1.14 bits per heavy atom. The van der Waals surface area contributed by atoms with Gasteiger partial charge in [-0.05, 0) is 44.4 Å². The molecule has 1 aliphatic heterocycles. The molecule has 0 bridgehead atoms. The molecular weight excluding hydrogens is 366 g/mol. The van der Waals surface area contributed by atoms with Crippen molar-refractivity contribution in [1.82, 2.24) is 4.90 Å². The van der Waals surface area contributed by atoms with Gasteiger partial charge in [0.15, 0.2) is 5.78 Å². The summed E-state index contributed by atoms with van der Waals surface area (Å²) in [7, 11) is 0. The summed E-state index contributed by atoms with van der Waals surface area (Å²) in [4.78, 5) is 26.0. The van der Waals surface area contributed by atoms with E-state index in [2.05, 4.69) is 15.5 Å². The molecule has 1 saturated heterocycles. The van der Waals surface area contributed by atoms with Crippen molar-refractivity contribution in [1.29, 1.82) is 0 Å². The second-order valence-corrected chi connectivity index (χ2v) is 7.65. The Labute approximate surface area is 171 Å². The Bertz CT molecular complexity index is 873. The van der Waals surface area contributed by atoms with Crippen LogP contribution in [-0.4, -0.2) is 47.4 Å². The van der Waals surface area contributed by atoms with E-state index >= 15 is 0 Å². The number of aliphatic hydroxyl groups excluding tert-OH is 1. The number of ketones is 1. The fourth-order valence-electron chi connectivity index (χ4n) is 3.73. The van der Waals surface area contributed by atoms with Crippen LogP contribution in [0.1, 0.15) is 41.3 Å². The zero-order valence-electron chi connectivity index (χ0n) is 17.1. The van der Waals surface area contributed by atoms with Gasteiger partial charge in [0.2, 0.25) is 5.91 Å². The summed E-state index contributed by atoms with van der Waals surface area (Å²) in [6, 6.07) is 13.3. The lowest BCUT2D eigenvalue weighted by Crippen LogP contribution is -2.42. The average molecular weight is 396 g/mol. The van der Waals surface area contributed by atoms with E-state index in [0.717, 1.165) is 42.7 Å². The summed E-state index contributed by atoms with van der Waals surface area (Å²) in [6.45, 7) is 5.58. The van der Waals surface area contributed by atoms with Crippen molar-refractivity contribution in [2.24, 2.45) is 0 Å². The number of nitrogens with zero attached hydrogens (tertiary/aromatic N) is 1. The van der Waals surface area contributed by atoms with Crippen LogP contribution < -0.4 is 10.6 Å². The first-order valence-corrected chi connectivity index (χ1v) is 10.1. The number of benzene rings is 2. The summed E-state index contributed by atoms with van der Waals surface area (Å²) in [6.07, 6.45) is 1.87. The van der Waals surface area contributed by atoms with E-state index in [1.54, 1.807) is 24.3 Å². The molecule has 154 valence electrons. The number of anilines is 2. The Hall–Kier alpha value is -2.70. The lowest BCUT2D eigenvalue weighted by Gasteiger charge is -2.33. The maximum absolute atomic E-state index is 12.4. The van der Waals surface area contributed by atoms with E-state index in [9.17, 15) is 14.7 Å². The third-order valence-electron chi connectivity index (χ3n) is 5.39. The first-order chi connectivity index (χ1) is 14.0. The van der Waals surface area contributed by atoms with Gasteiger partial charge < -0.3 is 15.7 Å². The fraction of sp³-hybridized carbons (Fsp3) is 0.391. The van der Waals surface area contributed by atoms with Gasteiger partial charge >= 0.3 is 0 Å². The lowest BCUT2D eigenvalue weighted by molar-refractivity contribution is -0.117. The van der Waals surface area contributed by atoms with E-state index < -0.39 is 0 Å². The second-order valence-electron chi connectivity index (χ2n) is 7.65. The number of nitrogens with one attached hydrogen (secondary N) is 2. The number of amides is 1. The molecule has 1 fully saturated rings. The summed E-state index contributed by atoms with van der Waals surface area (Å²) in [5.74, 6) is -0.0905. The van der Waals surface area contributed by atoms with E-state index in [0.29, 0.717) is 23.8 Å². The number of hydrogen-bond acceptors (Lipinski definition) is 5. The van der Waals surface area contributed by atoms with Gasteiger partial charge in [-0.25, -0.2) is 0 Å². The standard InChI is InChI=1S/C23H29N3O3/c1-16-5-3-7-19(15-27)23(16)25-20-9-11-26(12-10-20)14-22(29)24-21-8-4-6-18(13-21)17(2)28/h3-8,13,20,25,27H,9-12,14-15H2,1-2H3,(H,24,29). The van der Waals surface area contributed by atoms with Crippen LogP contribution in [0.4, 0.5) is 11.4 Å². The van der Waals surface area contributed by atoms with Crippen molar-refractivity contribution in [2.45, 2.75) is 39.3 Å². The maximum atomic E-state index is 12.4. The van der Waals surface area contributed by atoms with Crippen LogP contribution in [0.5, 0.6) is 0 Å². The molecule has 1 amide bonds. The van der Waals surface area contributed by atoms with Gasteiger partial charge in [0, 0.05) is 41.6 Å². The predicted octanol–water partition coefficient (Wildman–Crippen LogP) is 3.20. The van der Waals surface area contributed by atoms with E-state index in [4.69, 9.17) is 0 Å². The molecule has 0 aromatic heterocycles. The number of carbonyl (C=O) groups excluding carboxylic acids is 2. The molecule has 6 heteroatoms. The maximum Gasteiger partial charge on any atom is 0.238 e. The molecule has 0 unspecified atom stereocenters. The van der Waals surface area contributed by atoms with E-state index in [1.807, 2.05) is 25.1 Å². The van der Waals surface area contributed by atoms with Gasteiger partial charge in [0.25, 0.3) is 0 Å². The van der Waals surface area contributed by atoms with Crippen LogP contribution in [0, 0.1) is 6.92 Å². The largest absolute Gasteiger partial charge is 0.392 e. The molecule has 3 N–H and O–H groups in total. The highest BCUT2D eigenvalue weighted by Gasteiger charge is 2.22. The van der Waals surface area contributed by atoms with Crippen molar-refractivity contribution in [3.8, 4) is 0 Å². The number of carbonyl (C=O) groups is 2. The van der Waals surface area contributed by atoms with Crippen LogP contribution in [0.25, 0.3) is 0 Å². The molecule has 0 atom stereocenters. The predicted molar refractivity (Wildman–Crippen MR) is 115 cm³/mol. The highest BCUT2D eigenvalue weighted by molar-refractivity contribution is 5.97. The minimum absolute atomic E-state index is 0.0197. The number of Topliss-reactive ketones (excluding diaryl/α,β-unsaturated/α-hetero) is 1. The molecule has 1 aliphatic rings. The van der Waals surface area contributed by atoms with Gasteiger partial charge in [-0.2, -0.15) is 0 Å². The molecule has 2 aromatic carbocycles. The normalized spacial score (nSPS) is 15.1. The smallest absolute Gasteiger partial charge is 0.238 e. The first kappa shape index (κ1) is 21.0. The number of aliphatic hydroxyl groups is 1. The minimum atomic E-state index is -0.0708. The van der Waals surface area contributed by atoms with Crippen LogP contribution >= 0.6 is 0 Å². The highest BCUT2D eigenvalue weighted by Crippen LogP contribution is 2.24. The second kappa shape index (κ2) is 9.67. The number of likely N-dealkylation sites (tertiary alicyclic amines) is 1. The summed E-state index contributed by atoms with van der Waals surface area (Å²) < 4.78 is 0. The Morgan fingerprint density at radius 2 is 1.86 bits per heavy atom. The SMILES string of the molecule is CC(=O)c1cccc(NC(=O)CN2CCC(Nc3c(C)cccc3CO)CC2)c1. The van der Waals surface area contributed by atoms with Crippen molar-refractivity contribution < 1.29 is 14.7 Å². The zero-order valence-corrected chi connectivity index (χ0v) is 17.1. The van der Waals surface area contributed by atoms with Crippen molar-refractivity contribution in [3.63, 3.8) is 0 Å². The summed E-state index contributed by atoms with van der Waals surface area (Å²) in [5.41, 5.74) is 4.31. The van der Waals surface area contributed by atoms with E-state index in [1.165, 1.54) is 6.92 Å². The van der Waals surface area contributed by atoms with Crippen LogP contribution in [0.3, 0.4) is 0 Å². The number of hydrogen-bond donors (Lipinski definition) is 3. The molecule has 1 heterocycles. The van der Waals surface area contributed by atoms with Crippen molar-refractivity contribution >= 4 is 23.1 Å². The van der Waals surface area contributed by atoms with E-state index in [-0.39, 0.29) is 18.3 Å². The summed E-state index contributed by atoms with van der Waals surface area (Å²) in [5, 5.41) is 16.0. The molecule has 3 rings (SSSR count). The Kier molecular flexibility index (Phi) is 7.01. The number of para-hydroxylation sites is 1. The summed E-state index contributed by atoms with van der Waals surface area (Å²) >= 11 is 0. The molecule has 2 aromatic rings. The molecule has 0 radical (unpaired) electrons. The third-order valence-corrected chi connectivity index (χ3v) is 5.39. The van der Waals surface area contributed by atoms with Crippen molar-refractivity contribution in [2.75, 3.05) is 30.3 Å². The van der Waals surface area contributed by atoms with Crippen LogP contribution in [0.15, 0.2) is 42.5 Å². The van der Waals surface area contributed by atoms with Gasteiger partial charge in [-0.3, -0.25) is 14.5 Å². The zero-order chi connectivity index (χ0) is 20.8. The topological polar surface area (TPSA) is 81.7 Å². The molecule has 6 nitrogen and oxygen atoms in total. The van der Waals surface area contributed by atoms with Crippen molar-refractivity contribution in [3.05, 3.63) is 59.2 Å². The van der Waals surface area contributed by atoms with Gasteiger partial charge in [0.05, 0.1) is 13.2 Å². The van der Waals surface area contributed by atoms with Gasteiger partial charge in [0.1, 0.15) is 0 Å². The number of piperidine rings is 1. The van der Waals surface area contributed by atoms with Crippen LogP contribution in [0.2, 0.25) is 0 Å².